The highest BCUT2D eigenvalue weighted by molar-refractivity contribution is 6.04. The molecule has 0 aliphatic heterocycles. The van der Waals surface area contributed by atoms with Crippen LogP contribution in [-0.2, 0) is 11.4 Å². The third-order valence-electron chi connectivity index (χ3n) is 3.52. The van der Waals surface area contributed by atoms with Crippen LogP contribution in [-0.4, -0.2) is 18.1 Å². The number of aliphatic hydroxyl groups excluding tert-OH is 1. The van der Waals surface area contributed by atoms with Gasteiger partial charge in [0.25, 0.3) is 0 Å². The number of nitrogens with one attached hydrogen (secondary N) is 1. The van der Waals surface area contributed by atoms with E-state index in [4.69, 9.17) is 9.84 Å². The third-order valence-corrected chi connectivity index (χ3v) is 3.52. The highest BCUT2D eigenvalue weighted by Gasteiger charge is 2.05. The Morgan fingerprint density at radius 3 is 2.57 bits per heavy atom. The summed E-state index contributed by atoms with van der Waals surface area (Å²) in [5, 5.41) is 12.0. The number of ether oxygens (including phenoxy) is 1. The summed E-state index contributed by atoms with van der Waals surface area (Å²) in [4.78, 5) is 12.2. The smallest absolute Gasteiger partial charge is 0.248 e. The molecule has 2 aromatic rings. The molecule has 1 amide bonds. The van der Waals surface area contributed by atoms with E-state index in [1.807, 2.05) is 31.2 Å². The van der Waals surface area contributed by atoms with E-state index in [2.05, 4.69) is 5.32 Å². The highest BCUT2D eigenvalue weighted by Crippen LogP contribution is 2.21. The van der Waals surface area contributed by atoms with Crippen molar-refractivity contribution in [1.29, 1.82) is 0 Å². The summed E-state index contributed by atoms with van der Waals surface area (Å²) in [5.74, 6) is 0.599. The number of methoxy groups -OCH3 is 1. The lowest BCUT2D eigenvalue weighted by atomic mass is 10.0. The number of hydrogen-bond donors (Lipinski definition) is 2. The Hall–Kier alpha value is -2.59. The van der Waals surface area contributed by atoms with Gasteiger partial charge in [-0.2, -0.15) is 0 Å². The molecule has 0 saturated carbocycles. The van der Waals surface area contributed by atoms with Gasteiger partial charge < -0.3 is 15.2 Å². The van der Waals surface area contributed by atoms with Gasteiger partial charge >= 0.3 is 0 Å². The van der Waals surface area contributed by atoms with Gasteiger partial charge in [0.15, 0.2) is 0 Å². The number of benzene rings is 2. The second-order valence-corrected chi connectivity index (χ2v) is 5.10. The SMILES string of the molecule is CC/C(=C/C(=O)Nc1cccc(CO)c1)c1ccc(OC)cc1. The summed E-state index contributed by atoms with van der Waals surface area (Å²) in [6, 6.07) is 14.8. The van der Waals surface area contributed by atoms with E-state index < -0.39 is 0 Å². The van der Waals surface area contributed by atoms with Gasteiger partial charge in [0.1, 0.15) is 5.75 Å². The average Bonchev–Trinajstić information content (AvgIpc) is 2.60. The van der Waals surface area contributed by atoms with Crippen molar-refractivity contribution in [3.8, 4) is 5.75 Å². The second-order valence-electron chi connectivity index (χ2n) is 5.10. The number of carbonyl (C=O) groups excluding carboxylic acids is 1. The fourth-order valence-corrected chi connectivity index (χ4v) is 2.28. The maximum Gasteiger partial charge on any atom is 0.248 e. The van der Waals surface area contributed by atoms with Crippen LogP contribution in [0, 0.1) is 0 Å². The molecule has 0 aliphatic rings. The maximum atomic E-state index is 12.2. The maximum absolute atomic E-state index is 12.2. The molecule has 2 aromatic carbocycles. The van der Waals surface area contributed by atoms with Gasteiger partial charge in [-0.3, -0.25) is 4.79 Å². The predicted octanol–water partition coefficient (Wildman–Crippen LogP) is 3.62. The number of amides is 1. The Balaban J connectivity index is 2.14. The number of allylic oxidation sites excluding steroid dienone is 1. The van der Waals surface area contributed by atoms with Crippen LogP contribution in [0.4, 0.5) is 5.69 Å². The van der Waals surface area contributed by atoms with Gasteiger partial charge in [-0.15, -0.1) is 0 Å². The zero-order valence-corrected chi connectivity index (χ0v) is 13.4. The monoisotopic (exact) mass is 311 g/mol. The van der Waals surface area contributed by atoms with Gasteiger partial charge in [-0.25, -0.2) is 0 Å². The van der Waals surface area contributed by atoms with E-state index in [0.29, 0.717) is 5.69 Å². The minimum atomic E-state index is -0.187. The Labute approximate surface area is 136 Å². The van der Waals surface area contributed by atoms with Gasteiger partial charge in [0.2, 0.25) is 5.91 Å². The molecule has 0 radical (unpaired) electrons. The first kappa shape index (κ1) is 16.8. The van der Waals surface area contributed by atoms with E-state index in [1.54, 1.807) is 37.5 Å². The fraction of sp³-hybridized carbons (Fsp3) is 0.211. The molecular formula is C19H21NO3. The van der Waals surface area contributed by atoms with Crippen LogP contribution in [0.5, 0.6) is 5.75 Å². The molecule has 0 aromatic heterocycles. The van der Waals surface area contributed by atoms with Gasteiger partial charge in [-0.05, 0) is 47.4 Å². The molecule has 2 N–H and O–H groups in total. The van der Waals surface area contributed by atoms with E-state index >= 15 is 0 Å². The van der Waals surface area contributed by atoms with Crippen molar-refractivity contribution in [2.24, 2.45) is 0 Å². The summed E-state index contributed by atoms with van der Waals surface area (Å²) in [6.07, 6.45) is 2.35. The first-order valence-electron chi connectivity index (χ1n) is 7.52. The van der Waals surface area contributed by atoms with Crippen LogP contribution in [0.2, 0.25) is 0 Å². The van der Waals surface area contributed by atoms with Gasteiger partial charge in [0.05, 0.1) is 13.7 Å². The summed E-state index contributed by atoms with van der Waals surface area (Å²) < 4.78 is 5.15. The number of anilines is 1. The molecule has 23 heavy (non-hydrogen) atoms. The van der Waals surface area contributed by atoms with Crippen molar-refractivity contribution >= 4 is 17.2 Å². The zero-order chi connectivity index (χ0) is 16.7. The van der Waals surface area contributed by atoms with Crippen molar-refractivity contribution in [2.75, 3.05) is 12.4 Å². The van der Waals surface area contributed by atoms with Crippen molar-refractivity contribution < 1.29 is 14.6 Å². The molecule has 0 aliphatic carbocycles. The molecule has 2 rings (SSSR count). The zero-order valence-electron chi connectivity index (χ0n) is 13.4. The standard InChI is InChI=1S/C19H21NO3/c1-3-15(16-7-9-18(23-2)10-8-16)12-19(22)20-17-6-4-5-14(11-17)13-21/h4-12,21H,3,13H2,1-2H3,(H,20,22)/b15-12-. The summed E-state index contributed by atoms with van der Waals surface area (Å²) in [7, 11) is 1.62. The average molecular weight is 311 g/mol. The largest absolute Gasteiger partial charge is 0.497 e. The van der Waals surface area contributed by atoms with E-state index in [-0.39, 0.29) is 12.5 Å². The normalized spacial score (nSPS) is 11.2. The van der Waals surface area contributed by atoms with Crippen LogP contribution < -0.4 is 10.1 Å². The van der Waals surface area contributed by atoms with Crippen LogP contribution in [0.25, 0.3) is 5.57 Å². The first-order valence-corrected chi connectivity index (χ1v) is 7.52. The molecule has 4 nitrogen and oxygen atoms in total. The Kier molecular flexibility index (Phi) is 5.94. The van der Waals surface area contributed by atoms with Crippen LogP contribution in [0.1, 0.15) is 24.5 Å². The molecule has 0 saturated heterocycles. The number of aliphatic hydroxyl groups is 1. The number of carbonyl (C=O) groups is 1. The van der Waals surface area contributed by atoms with Gasteiger partial charge in [-0.1, -0.05) is 31.2 Å². The molecule has 0 heterocycles. The summed E-state index contributed by atoms with van der Waals surface area (Å²) in [6.45, 7) is 1.96. The predicted molar refractivity (Wildman–Crippen MR) is 92.3 cm³/mol. The molecule has 0 fully saturated rings. The Bertz CT molecular complexity index is 690. The molecule has 0 unspecified atom stereocenters. The van der Waals surface area contributed by atoms with Crippen LogP contribution in [0.15, 0.2) is 54.6 Å². The lowest BCUT2D eigenvalue weighted by Crippen LogP contribution is -2.09. The summed E-state index contributed by atoms with van der Waals surface area (Å²) >= 11 is 0. The number of hydrogen-bond acceptors (Lipinski definition) is 3. The molecular weight excluding hydrogens is 290 g/mol. The minimum absolute atomic E-state index is 0.0500. The number of rotatable bonds is 6. The topological polar surface area (TPSA) is 58.6 Å². The van der Waals surface area contributed by atoms with E-state index in [1.165, 1.54) is 0 Å². The summed E-state index contributed by atoms with van der Waals surface area (Å²) in [5.41, 5.74) is 3.37. The fourth-order valence-electron chi connectivity index (χ4n) is 2.28. The quantitative estimate of drug-likeness (QED) is 0.801. The molecule has 0 bridgehead atoms. The van der Waals surface area contributed by atoms with Gasteiger partial charge in [0, 0.05) is 11.8 Å². The van der Waals surface area contributed by atoms with E-state index in [0.717, 1.165) is 28.9 Å². The first-order chi connectivity index (χ1) is 11.2. The van der Waals surface area contributed by atoms with Crippen LogP contribution in [0.3, 0.4) is 0 Å². The Morgan fingerprint density at radius 1 is 1.22 bits per heavy atom. The van der Waals surface area contributed by atoms with Crippen molar-refractivity contribution in [1.82, 2.24) is 0 Å². The van der Waals surface area contributed by atoms with Crippen molar-refractivity contribution in [3.63, 3.8) is 0 Å². The molecule has 0 atom stereocenters. The van der Waals surface area contributed by atoms with Crippen LogP contribution >= 0.6 is 0 Å². The minimum Gasteiger partial charge on any atom is -0.497 e. The third kappa shape index (κ3) is 4.69. The molecule has 4 heteroatoms. The highest BCUT2D eigenvalue weighted by atomic mass is 16.5. The lowest BCUT2D eigenvalue weighted by molar-refractivity contribution is -0.111. The van der Waals surface area contributed by atoms with Crippen molar-refractivity contribution in [2.45, 2.75) is 20.0 Å². The van der Waals surface area contributed by atoms with E-state index in [9.17, 15) is 4.79 Å². The Morgan fingerprint density at radius 2 is 1.96 bits per heavy atom. The molecule has 120 valence electrons. The lowest BCUT2D eigenvalue weighted by Gasteiger charge is -2.08. The molecule has 0 spiro atoms. The second kappa shape index (κ2) is 8.15. The van der Waals surface area contributed by atoms with Crippen molar-refractivity contribution in [3.05, 3.63) is 65.7 Å².